The predicted molar refractivity (Wildman–Crippen MR) is 92.8 cm³/mol. The lowest BCUT2D eigenvalue weighted by Gasteiger charge is -2.06. The quantitative estimate of drug-likeness (QED) is 0.676. The minimum atomic E-state index is -0.827. The van der Waals surface area contributed by atoms with Gasteiger partial charge in [0.15, 0.2) is 11.5 Å². The standard InChI is InChI=1S/C18H14N4O5/c23-17(18(24)20-12-6-7-13-14(8-12)26-10-25-13)19-9-15-21-16(22-27-15)11-4-2-1-3-5-11/h1-8H,9-10H2,(H,19,23)(H,20,24). The zero-order valence-electron chi connectivity index (χ0n) is 14.0. The van der Waals surface area contributed by atoms with Crippen molar-refractivity contribution in [3.05, 3.63) is 54.4 Å². The first-order chi connectivity index (χ1) is 13.2. The van der Waals surface area contributed by atoms with Crippen molar-refractivity contribution in [1.82, 2.24) is 15.5 Å². The normalized spacial score (nSPS) is 11.9. The van der Waals surface area contributed by atoms with Gasteiger partial charge in [0.2, 0.25) is 18.5 Å². The van der Waals surface area contributed by atoms with Gasteiger partial charge < -0.3 is 24.6 Å². The van der Waals surface area contributed by atoms with Crippen molar-refractivity contribution >= 4 is 17.5 Å². The van der Waals surface area contributed by atoms with Gasteiger partial charge in [-0.3, -0.25) is 9.59 Å². The summed E-state index contributed by atoms with van der Waals surface area (Å²) in [5, 5.41) is 8.77. The van der Waals surface area contributed by atoms with Crippen LogP contribution in [0.15, 0.2) is 53.1 Å². The largest absolute Gasteiger partial charge is 0.454 e. The molecule has 1 aromatic heterocycles. The molecule has 0 saturated carbocycles. The number of nitrogens with zero attached hydrogens (tertiary/aromatic N) is 2. The Morgan fingerprint density at radius 2 is 1.81 bits per heavy atom. The van der Waals surface area contributed by atoms with E-state index < -0.39 is 11.8 Å². The minimum absolute atomic E-state index is 0.0623. The maximum Gasteiger partial charge on any atom is 0.313 e. The zero-order valence-corrected chi connectivity index (χ0v) is 14.0. The topological polar surface area (TPSA) is 116 Å². The van der Waals surface area contributed by atoms with E-state index in [1.807, 2.05) is 30.3 Å². The highest BCUT2D eigenvalue weighted by Crippen LogP contribution is 2.34. The number of ether oxygens (including phenoxy) is 2. The van der Waals surface area contributed by atoms with Gasteiger partial charge in [0, 0.05) is 17.3 Å². The van der Waals surface area contributed by atoms with Gasteiger partial charge in [-0.25, -0.2) is 0 Å². The molecule has 9 nitrogen and oxygen atoms in total. The molecule has 0 bridgehead atoms. The Morgan fingerprint density at radius 3 is 2.67 bits per heavy atom. The molecule has 0 unspecified atom stereocenters. The van der Waals surface area contributed by atoms with Gasteiger partial charge in [-0.2, -0.15) is 4.98 Å². The van der Waals surface area contributed by atoms with Crippen LogP contribution < -0.4 is 20.1 Å². The first-order valence-electron chi connectivity index (χ1n) is 8.06. The van der Waals surface area contributed by atoms with Crippen molar-refractivity contribution in [3.63, 3.8) is 0 Å². The van der Waals surface area contributed by atoms with E-state index in [1.54, 1.807) is 18.2 Å². The van der Waals surface area contributed by atoms with Gasteiger partial charge in [0.25, 0.3) is 0 Å². The van der Waals surface area contributed by atoms with E-state index in [4.69, 9.17) is 14.0 Å². The Hall–Kier alpha value is -3.88. The third kappa shape index (κ3) is 3.71. The fourth-order valence-electron chi connectivity index (χ4n) is 2.43. The molecule has 0 radical (unpaired) electrons. The number of aromatic nitrogens is 2. The fraction of sp³-hybridized carbons (Fsp3) is 0.111. The number of hydrogen-bond acceptors (Lipinski definition) is 7. The van der Waals surface area contributed by atoms with Gasteiger partial charge in [-0.15, -0.1) is 0 Å². The van der Waals surface area contributed by atoms with Crippen LogP contribution in [0.1, 0.15) is 5.89 Å². The molecule has 0 saturated heterocycles. The van der Waals surface area contributed by atoms with Crippen LogP contribution in [-0.4, -0.2) is 28.7 Å². The van der Waals surface area contributed by atoms with Crippen LogP contribution in [-0.2, 0) is 16.1 Å². The first kappa shape index (κ1) is 16.6. The minimum Gasteiger partial charge on any atom is -0.454 e. The second-order valence-electron chi connectivity index (χ2n) is 5.58. The molecule has 2 heterocycles. The molecule has 4 rings (SSSR count). The third-order valence-corrected chi connectivity index (χ3v) is 3.74. The lowest BCUT2D eigenvalue weighted by molar-refractivity contribution is -0.136. The molecule has 2 aromatic carbocycles. The van der Waals surface area contributed by atoms with E-state index in [9.17, 15) is 9.59 Å². The average Bonchev–Trinajstić information content (AvgIpc) is 3.35. The van der Waals surface area contributed by atoms with Crippen LogP contribution in [0.2, 0.25) is 0 Å². The van der Waals surface area contributed by atoms with E-state index in [0.717, 1.165) is 5.56 Å². The molecule has 136 valence electrons. The first-order valence-corrected chi connectivity index (χ1v) is 8.06. The third-order valence-electron chi connectivity index (χ3n) is 3.74. The molecule has 2 amide bonds. The van der Waals surface area contributed by atoms with E-state index in [-0.39, 0.29) is 19.2 Å². The van der Waals surface area contributed by atoms with Crippen molar-refractivity contribution in [2.45, 2.75) is 6.54 Å². The second kappa shape index (κ2) is 7.16. The Balaban J connectivity index is 1.33. The number of nitrogens with one attached hydrogen (secondary N) is 2. The van der Waals surface area contributed by atoms with Gasteiger partial charge in [0.1, 0.15) is 0 Å². The second-order valence-corrected chi connectivity index (χ2v) is 5.58. The fourth-order valence-corrected chi connectivity index (χ4v) is 2.43. The van der Waals surface area contributed by atoms with Crippen LogP contribution in [0.3, 0.4) is 0 Å². The van der Waals surface area contributed by atoms with Crippen molar-refractivity contribution in [1.29, 1.82) is 0 Å². The Bertz CT molecular complexity index is 986. The number of benzene rings is 2. The molecule has 27 heavy (non-hydrogen) atoms. The molecule has 2 N–H and O–H groups in total. The van der Waals surface area contributed by atoms with Crippen LogP contribution in [0, 0.1) is 0 Å². The number of carbonyl (C=O) groups excluding carboxylic acids is 2. The molecule has 0 aliphatic carbocycles. The lowest BCUT2D eigenvalue weighted by atomic mass is 10.2. The van der Waals surface area contributed by atoms with Crippen molar-refractivity contribution < 1.29 is 23.6 Å². The molecule has 1 aliphatic heterocycles. The van der Waals surface area contributed by atoms with E-state index >= 15 is 0 Å². The van der Waals surface area contributed by atoms with Crippen molar-refractivity contribution in [2.75, 3.05) is 12.1 Å². The average molecular weight is 366 g/mol. The molecule has 1 aliphatic rings. The molecular weight excluding hydrogens is 352 g/mol. The number of amides is 2. The number of fused-ring (bicyclic) bond motifs is 1. The van der Waals surface area contributed by atoms with Crippen LogP contribution in [0.25, 0.3) is 11.4 Å². The highest BCUT2D eigenvalue weighted by Gasteiger charge is 2.18. The van der Waals surface area contributed by atoms with E-state index in [0.29, 0.717) is 23.0 Å². The predicted octanol–water partition coefficient (Wildman–Crippen LogP) is 1.72. The van der Waals surface area contributed by atoms with Gasteiger partial charge >= 0.3 is 11.8 Å². The summed E-state index contributed by atoms with van der Waals surface area (Å²) in [5.41, 5.74) is 1.21. The van der Waals surface area contributed by atoms with Crippen LogP contribution >= 0.6 is 0 Å². The Labute approximate surface area is 153 Å². The Morgan fingerprint density at radius 1 is 1.00 bits per heavy atom. The van der Waals surface area contributed by atoms with Crippen LogP contribution in [0.5, 0.6) is 11.5 Å². The highest BCUT2D eigenvalue weighted by atomic mass is 16.7. The SMILES string of the molecule is O=C(NCc1nc(-c2ccccc2)no1)C(=O)Nc1ccc2c(c1)OCO2. The number of rotatable bonds is 4. The van der Waals surface area contributed by atoms with Gasteiger partial charge in [-0.05, 0) is 12.1 Å². The summed E-state index contributed by atoms with van der Waals surface area (Å²) in [6.45, 7) is 0.0651. The van der Waals surface area contributed by atoms with Crippen molar-refractivity contribution in [3.8, 4) is 22.9 Å². The summed E-state index contributed by atoms with van der Waals surface area (Å²) >= 11 is 0. The molecule has 0 atom stereocenters. The molecule has 3 aromatic rings. The number of hydrogen-bond donors (Lipinski definition) is 2. The summed E-state index contributed by atoms with van der Waals surface area (Å²) in [6.07, 6.45) is 0. The smallest absolute Gasteiger partial charge is 0.313 e. The summed E-state index contributed by atoms with van der Waals surface area (Å²) in [6, 6.07) is 14.1. The monoisotopic (exact) mass is 366 g/mol. The molecule has 9 heteroatoms. The van der Waals surface area contributed by atoms with Crippen LogP contribution in [0.4, 0.5) is 5.69 Å². The molecular formula is C18H14N4O5. The summed E-state index contributed by atoms with van der Waals surface area (Å²) in [4.78, 5) is 28.1. The Kier molecular flexibility index (Phi) is 4.40. The van der Waals surface area contributed by atoms with E-state index in [1.165, 1.54) is 0 Å². The van der Waals surface area contributed by atoms with Crippen molar-refractivity contribution in [2.24, 2.45) is 0 Å². The highest BCUT2D eigenvalue weighted by molar-refractivity contribution is 6.39. The maximum atomic E-state index is 12.0. The number of carbonyl (C=O) groups is 2. The summed E-state index contributed by atoms with van der Waals surface area (Å²) in [5.74, 6) is 0.0436. The zero-order chi connectivity index (χ0) is 18.6. The van der Waals surface area contributed by atoms with Gasteiger partial charge in [-0.1, -0.05) is 35.5 Å². The number of anilines is 1. The lowest BCUT2D eigenvalue weighted by Crippen LogP contribution is -2.35. The molecule has 0 fully saturated rings. The maximum absolute atomic E-state index is 12.0. The van der Waals surface area contributed by atoms with E-state index in [2.05, 4.69) is 20.8 Å². The summed E-state index contributed by atoms with van der Waals surface area (Å²) in [7, 11) is 0. The van der Waals surface area contributed by atoms with Gasteiger partial charge in [0.05, 0.1) is 6.54 Å². The summed E-state index contributed by atoms with van der Waals surface area (Å²) < 4.78 is 15.5. The molecule has 0 spiro atoms.